The quantitative estimate of drug-likeness (QED) is 0.851. The summed E-state index contributed by atoms with van der Waals surface area (Å²) in [5.74, 6) is -1.71. The van der Waals surface area contributed by atoms with E-state index in [9.17, 15) is 13.6 Å². The first kappa shape index (κ1) is 15.0. The molecular formula is C16H16F2N2O. The van der Waals surface area contributed by atoms with Crippen LogP contribution in [0.3, 0.4) is 0 Å². The van der Waals surface area contributed by atoms with Gasteiger partial charge in [-0.05, 0) is 35.7 Å². The van der Waals surface area contributed by atoms with Gasteiger partial charge in [0.2, 0.25) is 5.91 Å². The number of anilines is 1. The Hall–Kier alpha value is -2.43. The van der Waals surface area contributed by atoms with E-state index in [1.165, 1.54) is 6.07 Å². The van der Waals surface area contributed by atoms with E-state index >= 15 is 0 Å². The molecule has 0 aliphatic rings. The first-order valence-electron chi connectivity index (χ1n) is 6.52. The number of nitrogen functional groups attached to an aromatic ring is 1. The summed E-state index contributed by atoms with van der Waals surface area (Å²) in [6.07, 6.45) is -0.131. The minimum Gasteiger partial charge on any atom is -0.399 e. The van der Waals surface area contributed by atoms with Crippen molar-refractivity contribution in [2.45, 2.75) is 19.9 Å². The minimum absolute atomic E-state index is 0.131. The lowest BCUT2D eigenvalue weighted by molar-refractivity contribution is -0.120. The van der Waals surface area contributed by atoms with Crippen molar-refractivity contribution in [2.75, 3.05) is 5.73 Å². The molecule has 2 rings (SSSR count). The fraction of sp³-hybridized carbons (Fsp3) is 0.188. The highest BCUT2D eigenvalue weighted by Crippen LogP contribution is 2.15. The van der Waals surface area contributed by atoms with Crippen LogP contribution in [0.1, 0.15) is 16.7 Å². The number of hydrogen-bond acceptors (Lipinski definition) is 2. The molecule has 3 N–H and O–H groups in total. The molecule has 110 valence electrons. The Bertz CT molecular complexity index is 671. The fourth-order valence-electron chi connectivity index (χ4n) is 1.99. The van der Waals surface area contributed by atoms with Gasteiger partial charge in [0.1, 0.15) is 11.6 Å². The fourth-order valence-corrected chi connectivity index (χ4v) is 1.99. The zero-order chi connectivity index (χ0) is 15.4. The predicted octanol–water partition coefficient (Wildman–Crippen LogP) is 2.71. The number of carbonyl (C=O) groups excluding carboxylic acids is 1. The zero-order valence-corrected chi connectivity index (χ0v) is 11.6. The van der Waals surface area contributed by atoms with Crippen LogP contribution >= 0.6 is 0 Å². The highest BCUT2D eigenvalue weighted by molar-refractivity contribution is 5.78. The van der Waals surface area contributed by atoms with E-state index in [1.54, 1.807) is 6.07 Å². The molecule has 0 unspecified atom stereocenters. The summed E-state index contributed by atoms with van der Waals surface area (Å²) in [4.78, 5) is 11.8. The average molecular weight is 290 g/mol. The molecule has 0 saturated carbocycles. The van der Waals surface area contributed by atoms with Crippen LogP contribution in [0.4, 0.5) is 14.5 Å². The van der Waals surface area contributed by atoms with E-state index in [0.717, 1.165) is 23.3 Å². The molecule has 2 aromatic carbocycles. The van der Waals surface area contributed by atoms with Crippen molar-refractivity contribution in [3.05, 3.63) is 64.7 Å². The molecule has 0 saturated heterocycles. The molecule has 0 aliphatic carbocycles. The van der Waals surface area contributed by atoms with Gasteiger partial charge in [0.25, 0.3) is 0 Å². The third kappa shape index (κ3) is 3.78. The van der Waals surface area contributed by atoms with Gasteiger partial charge in [-0.3, -0.25) is 4.79 Å². The molecule has 0 radical (unpaired) electrons. The molecule has 0 atom stereocenters. The van der Waals surface area contributed by atoms with Crippen molar-refractivity contribution in [3.63, 3.8) is 0 Å². The number of rotatable bonds is 4. The standard InChI is InChI=1S/C16H16F2N2O/c1-10-12(3-2-4-15(10)19)9-20-16(21)7-11-5-6-13(17)8-14(11)18/h2-6,8H,7,9,19H2,1H3,(H,20,21). The molecule has 0 aliphatic heterocycles. The molecule has 0 bridgehead atoms. The molecule has 2 aromatic rings. The highest BCUT2D eigenvalue weighted by atomic mass is 19.1. The molecule has 5 heteroatoms. The first-order chi connectivity index (χ1) is 9.97. The maximum Gasteiger partial charge on any atom is 0.224 e. The molecular weight excluding hydrogens is 274 g/mol. The summed E-state index contributed by atoms with van der Waals surface area (Å²) in [5, 5.41) is 2.70. The van der Waals surface area contributed by atoms with Crippen LogP contribution in [0.25, 0.3) is 0 Å². The van der Waals surface area contributed by atoms with Gasteiger partial charge in [-0.15, -0.1) is 0 Å². The monoisotopic (exact) mass is 290 g/mol. The number of nitrogens with one attached hydrogen (secondary N) is 1. The van der Waals surface area contributed by atoms with E-state index in [-0.39, 0.29) is 17.9 Å². The van der Waals surface area contributed by atoms with Crippen molar-refractivity contribution in [3.8, 4) is 0 Å². The van der Waals surface area contributed by atoms with Gasteiger partial charge in [0.15, 0.2) is 0 Å². The van der Waals surface area contributed by atoms with Crippen molar-refractivity contribution in [1.29, 1.82) is 0 Å². The number of carbonyl (C=O) groups is 1. The minimum atomic E-state index is -0.717. The SMILES string of the molecule is Cc1c(N)cccc1CNC(=O)Cc1ccc(F)cc1F. The van der Waals surface area contributed by atoms with Crippen LogP contribution in [-0.4, -0.2) is 5.91 Å². The topological polar surface area (TPSA) is 55.1 Å². The Morgan fingerprint density at radius 3 is 2.67 bits per heavy atom. The second-order valence-electron chi connectivity index (χ2n) is 4.82. The summed E-state index contributed by atoms with van der Waals surface area (Å²) in [7, 11) is 0. The molecule has 1 amide bonds. The largest absolute Gasteiger partial charge is 0.399 e. The highest BCUT2D eigenvalue weighted by Gasteiger charge is 2.10. The molecule has 21 heavy (non-hydrogen) atoms. The smallest absolute Gasteiger partial charge is 0.224 e. The molecule has 0 fully saturated rings. The molecule has 3 nitrogen and oxygen atoms in total. The van der Waals surface area contributed by atoms with Crippen molar-refractivity contribution in [1.82, 2.24) is 5.32 Å². The van der Waals surface area contributed by atoms with Gasteiger partial charge in [-0.25, -0.2) is 8.78 Å². The second-order valence-corrected chi connectivity index (χ2v) is 4.82. The van der Waals surface area contributed by atoms with Crippen molar-refractivity contribution in [2.24, 2.45) is 0 Å². The van der Waals surface area contributed by atoms with E-state index in [2.05, 4.69) is 5.32 Å². The lowest BCUT2D eigenvalue weighted by Gasteiger charge is -2.10. The summed E-state index contributed by atoms with van der Waals surface area (Å²) in [6.45, 7) is 2.19. The van der Waals surface area contributed by atoms with E-state index in [4.69, 9.17) is 5.73 Å². The summed E-state index contributed by atoms with van der Waals surface area (Å²) in [5.41, 5.74) is 8.42. The van der Waals surface area contributed by atoms with Crippen molar-refractivity contribution >= 4 is 11.6 Å². The Balaban J connectivity index is 1.97. The van der Waals surface area contributed by atoms with Crippen LogP contribution in [0.15, 0.2) is 36.4 Å². The summed E-state index contributed by atoms with van der Waals surface area (Å²) >= 11 is 0. The molecule has 0 spiro atoms. The summed E-state index contributed by atoms with van der Waals surface area (Å²) < 4.78 is 26.2. The van der Waals surface area contributed by atoms with Gasteiger partial charge in [0.05, 0.1) is 6.42 Å². The van der Waals surface area contributed by atoms with Gasteiger partial charge in [0, 0.05) is 18.3 Å². The van der Waals surface area contributed by atoms with E-state index in [0.29, 0.717) is 12.2 Å². The maximum absolute atomic E-state index is 13.5. The number of halogens is 2. The van der Waals surface area contributed by atoms with Crippen LogP contribution < -0.4 is 11.1 Å². The second kappa shape index (κ2) is 6.35. The lowest BCUT2D eigenvalue weighted by atomic mass is 10.1. The van der Waals surface area contributed by atoms with Gasteiger partial charge in [-0.1, -0.05) is 18.2 Å². The Morgan fingerprint density at radius 1 is 1.19 bits per heavy atom. The third-order valence-electron chi connectivity index (χ3n) is 3.33. The maximum atomic E-state index is 13.5. The molecule has 0 heterocycles. The van der Waals surface area contributed by atoms with Gasteiger partial charge in [-0.2, -0.15) is 0 Å². The Morgan fingerprint density at radius 2 is 1.95 bits per heavy atom. The number of nitrogens with two attached hydrogens (primary N) is 1. The lowest BCUT2D eigenvalue weighted by Crippen LogP contribution is -2.25. The van der Waals surface area contributed by atoms with Gasteiger partial charge >= 0.3 is 0 Å². The van der Waals surface area contributed by atoms with Crippen molar-refractivity contribution < 1.29 is 13.6 Å². The van der Waals surface area contributed by atoms with Crippen LogP contribution in [-0.2, 0) is 17.8 Å². The summed E-state index contributed by atoms with van der Waals surface area (Å²) in [6, 6.07) is 8.64. The predicted molar refractivity (Wildman–Crippen MR) is 77.5 cm³/mol. The van der Waals surface area contributed by atoms with E-state index < -0.39 is 11.6 Å². The number of hydrogen-bond donors (Lipinski definition) is 2. The third-order valence-corrected chi connectivity index (χ3v) is 3.33. The van der Waals surface area contributed by atoms with Gasteiger partial charge < -0.3 is 11.1 Å². The normalized spacial score (nSPS) is 10.4. The first-order valence-corrected chi connectivity index (χ1v) is 6.52. The van der Waals surface area contributed by atoms with E-state index in [1.807, 2.05) is 19.1 Å². The van der Waals surface area contributed by atoms with Crippen LogP contribution in [0.5, 0.6) is 0 Å². The zero-order valence-electron chi connectivity index (χ0n) is 11.6. The average Bonchev–Trinajstić information content (AvgIpc) is 2.43. The van der Waals surface area contributed by atoms with Crippen LogP contribution in [0, 0.1) is 18.6 Å². The number of amides is 1. The Labute approximate surface area is 121 Å². The molecule has 0 aromatic heterocycles. The van der Waals surface area contributed by atoms with Crippen LogP contribution in [0.2, 0.25) is 0 Å². The Kier molecular flexibility index (Phi) is 4.52. The number of benzene rings is 2.